The zero-order valence-electron chi connectivity index (χ0n) is 17.1. The third kappa shape index (κ3) is 4.45. The molecular weight excluding hydrogens is 365 g/mol. The Morgan fingerprint density at radius 2 is 1.97 bits per heavy atom. The van der Waals surface area contributed by atoms with Crippen LogP contribution in [0.4, 0.5) is 4.39 Å². The highest BCUT2D eigenvalue weighted by Crippen LogP contribution is 2.35. The van der Waals surface area contributed by atoms with Crippen molar-refractivity contribution in [2.45, 2.75) is 30.6 Å². The number of aliphatic imine (C=N–C) groups is 1. The molecule has 4 nitrogen and oxygen atoms in total. The van der Waals surface area contributed by atoms with Gasteiger partial charge in [0.15, 0.2) is 5.96 Å². The van der Waals surface area contributed by atoms with Gasteiger partial charge in [-0.3, -0.25) is 4.99 Å². The van der Waals surface area contributed by atoms with E-state index in [0.717, 1.165) is 50.4 Å². The van der Waals surface area contributed by atoms with Crippen molar-refractivity contribution in [2.24, 2.45) is 4.99 Å². The van der Waals surface area contributed by atoms with Gasteiger partial charge in [0.05, 0.1) is 0 Å². The van der Waals surface area contributed by atoms with Crippen LogP contribution in [0.15, 0.2) is 59.6 Å². The van der Waals surface area contributed by atoms with E-state index in [0.29, 0.717) is 19.1 Å². The minimum absolute atomic E-state index is 0.130. The van der Waals surface area contributed by atoms with Crippen molar-refractivity contribution < 1.29 is 9.13 Å². The minimum atomic E-state index is -0.178. The van der Waals surface area contributed by atoms with Crippen LogP contribution in [0.3, 0.4) is 0 Å². The van der Waals surface area contributed by atoms with E-state index in [9.17, 15) is 4.39 Å². The number of nitrogens with zero attached hydrogens (tertiary/aromatic N) is 2. The van der Waals surface area contributed by atoms with Crippen molar-refractivity contribution in [1.29, 1.82) is 0 Å². The molecule has 0 aliphatic carbocycles. The van der Waals surface area contributed by atoms with Crippen LogP contribution in [0.5, 0.6) is 0 Å². The Bertz CT molecular complexity index is 833. The molecule has 2 fully saturated rings. The Balaban J connectivity index is 1.45. The number of rotatable bonds is 4. The van der Waals surface area contributed by atoms with E-state index < -0.39 is 0 Å². The van der Waals surface area contributed by atoms with Gasteiger partial charge in [-0.05, 0) is 42.5 Å². The van der Waals surface area contributed by atoms with E-state index in [1.54, 1.807) is 6.07 Å². The Kier molecular flexibility index (Phi) is 6.14. The summed E-state index contributed by atoms with van der Waals surface area (Å²) in [6.07, 6.45) is 2.90. The number of hydrogen-bond donors (Lipinski definition) is 1. The third-order valence-electron chi connectivity index (χ3n) is 6.44. The molecular formula is C24H30FN3O. The van der Waals surface area contributed by atoms with Crippen molar-refractivity contribution in [1.82, 2.24) is 10.2 Å². The van der Waals surface area contributed by atoms with Crippen molar-refractivity contribution >= 4 is 5.96 Å². The summed E-state index contributed by atoms with van der Waals surface area (Å²) < 4.78 is 19.5. The van der Waals surface area contributed by atoms with Crippen LogP contribution in [0.2, 0.25) is 0 Å². The molecule has 2 aliphatic rings. The topological polar surface area (TPSA) is 36.9 Å². The van der Waals surface area contributed by atoms with Gasteiger partial charge in [0.25, 0.3) is 0 Å². The number of hydrogen-bond acceptors (Lipinski definition) is 2. The average molecular weight is 396 g/mol. The number of guanidine groups is 1. The number of likely N-dealkylation sites (tertiary alicyclic amines) is 1. The molecule has 2 aromatic rings. The average Bonchev–Trinajstić information content (AvgIpc) is 3.26. The Morgan fingerprint density at radius 3 is 2.69 bits per heavy atom. The van der Waals surface area contributed by atoms with Gasteiger partial charge in [-0.25, -0.2) is 4.39 Å². The van der Waals surface area contributed by atoms with Gasteiger partial charge < -0.3 is 15.0 Å². The predicted octanol–water partition coefficient (Wildman–Crippen LogP) is 3.94. The maximum absolute atomic E-state index is 13.9. The van der Waals surface area contributed by atoms with E-state index in [1.165, 1.54) is 11.6 Å². The monoisotopic (exact) mass is 395 g/mol. The van der Waals surface area contributed by atoms with Crippen LogP contribution in [0, 0.1) is 5.82 Å². The van der Waals surface area contributed by atoms with Crippen LogP contribution in [-0.4, -0.2) is 50.8 Å². The second kappa shape index (κ2) is 8.95. The highest BCUT2D eigenvalue weighted by atomic mass is 19.1. The first-order chi connectivity index (χ1) is 14.2. The van der Waals surface area contributed by atoms with E-state index in [-0.39, 0.29) is 11.2 Å². The highest BCUT2D eigenvalue weighted by Gasteiger charge is 2.36. The summed E-state index contributed by atoms with van der Waals surface area (Å²) in [5.74, 6) is 1.30. The first-order valence-electron chi connectivity index (χ1n) is 10.5. The summed E-state index contributed by atoms with van der Waals surface area (Å²) in [5.41, 5.74) is 2.31. The summed E-state index contributed by atoms with van der Waals surface area (Å²) in [5, 5.41) is 3.61. The van der Waals surface area contributed by atoms with Crippen LogP contribution >= 0.6 is 0 Å². The van der Waals surface area contributed by atoms with Crippen molar-refractivity contribution in [2.75, 3.05) is 39.9 Å². The fourth-order valence-corrected chi connectivity index (χ4v) is 4.68. The normalized spacial score (nSPS) is 21.9. The number of halogens is 1. The molecule has 2 heterocycles. The maximum atomic E-state index is 13.9. The molecule has 0 aromatic heterocycles. The molecule has 5 heteroatoms. The zero-order valence-corrected chi connectivity index (χ0v) is 17.1. The molecule has 0 spiro atoms. The van der Waals surface area contributed by atoms with Gasteiger partial charge in [0.1, 0.15) is 5.82 Å². The summed E-state index contributed by atoms with van der Waals surface area (Å²) in [6.45, 7) is 4.11. The lowest BCUT2D eigenvalue weighted by atomic mass is 9.74. The zero-order chi connectivity index (χ0) is 20.1. The van der Waals surface area contributed by atoms with Gasteiger partial charge in [0.2, 0.25) is 0 Å². The van der Waals surface area contributed by atoms with Gasteiger partial charge >= 0.3 is 0 Å². The standard InChI is InChI=1S/C24H30FN3O/c1-26-23(28-13-10-20(17-28)19-6-3-2-4-7-19)27-18-24(11-14-29-15-12-24)21-8-5-9-22(25)16-21/h2-9,16,20H,10-15,17-18H2,1H3,(H,26,27). The summed E-state index contributed by atoms with van der Waals surface area (Å²) >= 11 is 0. The van der Waals surface area contributed by atoms with Gasteiger partial charge in [-0.1, -0.05) is 42.5 Å². The molecule has 1 N–H and O–H groups in total. The second-order valence-electron chi connectivity index (χ2n) is 8.15. The molecule has 0 saturated carbocycles. The van der Waals surface area contributed by atoms with E-state index >= 15 is 0 Å². The fraction of sp³-hybridized carbons (Fsp3) is 0.458. The van der Waals surface area contributed by atoms with Gasteiger partial charge in [-0.15, -0.1) is 0 Å². The molecule has 154 valence electrons. The molecule has 2 aliphatic heterocycles. The van der Waals surface area contributed by atoms with Crippen LogP contribution in [0.25, 0.3) is 0 Å². The van der Waals surface area contributed by atoms with E-state index in [2.05, 4.69) is 45.5 Å². The highest BCUT2D eigenvalue weighted by molar-refractivity contribution is 5.80. The number of nitrogens with one attached hydrogen (secondary N) is 1. The summed E-state index contributed by atoms with van der Waals surface area (Å²) in [7, 11) is 1.84. The van der Waals surface area contributed by atoms with Crippen LogP contribution < -0.4 is 5.32 Å². The van der Waals surface area contributed by atoms with Crippen LogP contribution in [0.1, 0.15) is 36.3 Å². The molecule has 0 amide bonds. The largest absolute Gasteiger partial charge is 0.381 e. The van der Waals surface area contributed by atoms with Crippen molar-refractivity contribution in [3.63, 3.8) is 0 Å². The summed E-state index contributed by atoms with van der Waals surface area (Å²) in [6, 6.07) is 17.8. The molecule has 2 aromatic carbocycles. The number of ether oxygens (including phenoxy) is 1. The fourth-order valence-electron chi connectivity index (χ4n) is 4.68. The molecule has 1 atom stereocenters. The third-order valence-corrected chi connectivity index (χ3v) is 6.44. The molecule has 2 saturated heterocycles. The lowest BCUT2D eigenvalue weighted by molar-refractivity contribution is 0.0511. The lowest BCUT2D eigenvalue weighted by Gasteiger charge is -2.39. The van der Waals surface area contributed by atoms with Gasteiger partial charge in [0, 0.05) is 51.2 Å². The first kappa shape index (κ1) is 19.9. The maximum Gasteiger partial charge on any atom is 0.193 e. The lowest BCUT2D eigenvalue weighted by Crippen LogP contribution is -2.48. The quantitative estimate of drug-likeness (QED) is 0.629. The second-order valence-corrected chi connectivity index (χ2v) is 8.15. The molecule has 0 radical (unpaired) electrons. The molecule has 1 unspecified atom stereocenters. The Hall–Kier alpha value is -2.40. The van der Waals surface area contributed by atoms with Crippen molar-refractivity contribution in [3.05, 3.63) is 71.5 Å². The van der Waals surface area contributed by atoms with E-state index in [1.807, 2.05) is 19.2 Å². The SMILES string of the molecule is CN=C(NCC1(c2cccc(F)c2)CCOCC1)N1CCC(c2ccccc2)C1. The summed E-state index contributed by atoms with van der Waals surface area (Å²) in [4.78, 5) is 6.89. The Labute approximate surface area is 172 Å². The van der Waals surface area contributed by atoms with Gasteiger partial charge in [-0.2, -0.15) is 0 Å². The predicted molar refractivity (Wildman–Crippen MR) is 115 cm³/mol. The molecule has 0 bridgehead atoms. The molecule has 29 heavy (non-hydrogen) atoms. The smallest absolute Gasteiger partial charge is 0.193 e. The first-order valence-corrected chi connectivity index (χ1v) is 10.5. The van der Waals surface area contributed by atoms with E-state index in [4.69, 9.17) is 4.74 Å². The Morgan fingerprint density at radius 1 is 1.17 bits per heavy atom. The minimum Gasteiger partial charge on any atom is -0.381 e. The number of benzene rings is 2. The van der Waals surface area contributed by atoms with Crippen LogP contribution in [-0.2, 0) is 10.2 Å². The van der Waals surface area contributed by atoms with Crippen molar-refractivity contribution in [3.8, 4) is 0 Å². The molecule has 4 rings (SSSR count).